The molecule has 9 nitrogen and oxygen atoms in total. The number of anilines is 1. The lowest BCUT2D eigenvalue weighted by Crippen LogP contribution is -2.51. The van der Waals surface area contributed by atoms with Gasteiger partial charge in [0.15, 0.2) is 5.13 Å². The van der Waals surface area contributed by atoms with E-state index in [0.29, 0.717) is 18.1 Å². The lowest BCUT2D eigenvalue weighted by atomic mass is 10.3. The van der Waals surface area contributed by atoms with Crippen LogP contribution >= 0.6 is 38.6 Å². The average Bonchev–Trinajstić information content (AvgIpc) is 3.36. The number of morpholine rings is 1. The highest BCUT2D eigenvalue weighted by Crippen LogP contribution is 2.22. The second kappa shape index (κ2) is 9.45. The summed E-state index contributed by atoms with van der Waals surface area (Å²) >= 11 is 5.91. The Labute approximate surface area is 177 Å². The number of hydrogen-bond acceptors (Lipinski definition) is 8. The second-order valence-electron chi connectivity index (χ2n) is 5.86. The van der Waals surface area contributed by atoms with Gasteiger partial charge in [0.1, 0.15) is 11.7 Å². The summed E-state index contributed by atoms with van der Waals surface area (Å²) in [6.45, 7) is 4.24. The van der Waals surface area contributed by atoms with E-state index in [2.05, 4.69) is 37.1 Å². The zero-order valence-electron chi connectivity index (χ0n) is 14.9. The molecule has 1 fully saturated rings. The molecule has 2 aromatic heterocycles. The number of hydrogen-bond donors (Lipinski definition) is 3. The van der Waals surface area contributed by atoms with Crippen molar-refractivity contribution in [3.05, 3.63) is 31.9 Å². The summed E-state index contributed by atoms with van der Waals surface area (Å²) in [5.74, 6) is -1.43. The maximum absolute atomic E-state index is 12.2. The molecule has 28 heavy (non-hydrogen) atoms. The van der Waals surface area contributed by atoms with E-state index in [4.69, 9.17) is 4.74 Å². The predicted molar refractivity (Wildman–Crippen MR) is 110 cm³/mol. The second-order valence-corrected chi connectivity index (χ2v) is 9.16. The lowest BCUT2D eigenvalue weighted by molar-refractivity contribution is -0.123. The quantitative estimate of drug-likeness (QED) is 0.549. The van der Waals surface area contributed by atoms with E-state index in [0.717, 1.165) is 22.0 Å². The number of thiophene rings is 1. The fraction of sp³-hybridized carbons (Fsp3) is 0.375. The van der Waals surface area contributed by atoms with E-state index >= 15 is 0 Å². The van der Waals surface area contributed by atoms with Crippen LogP contribution in [-0.2, 0) is 9.53 Å². The molecule has 150 valence electrons. The van der Waals surface area contributed by atoms with E-state index in [9.17, 15) is 14.4 Å². The number of rotatable bonds is 5. The number of thiazole rings is 1. The summed E-state index contributed by atoms with van der Waals surface area (Å²) in [5.41, 5.74) is 4.84. The van der Waals surface area contributed by atoms with Crippen molar-refractivity contribution < 1.29 is 19.1 Å². The van der Waals surface area contributed by atoms with Gasteiger partial charge in [-0.25, -0.2) is 4.98 Å². The molecule has 3 heterocycles. The first kappa shape index (κ1) is 20.7. The standard InChI is InChI=1S/C16H18BrN5O4S2/c1-9(18-15(25)11-2-3-12(17)28-11)13(23)20-21-14(24)10-8-27-16(19-10)22-4-6-26-7-5-22/h2-3,8-9H,4-7H2,1H3,(H,18,25)(H,20,23)(H,21,24). The van der Waals surface area contributed by atoms with Crippen molar-refractivity contribution >= 4 is 61.5 Å². The molecule has 1 unspecified atom stereocenters. The summed E-state index contributed by atoms with van der Waals surface area (Å²) < 4.78 is 6.12. The van der Waals surface area contributed by atoms with E-state index in [1.54, 1.807) is 17.5 Å². The molecule has 0 saturated carbocycles. The zero-order valence-corrected chi connectivity index (χ0v) is 18.1. The normalized spacial score (nSPS) is 15.0. The van der Waals surface area contributed by atoms with Gasteiger partial charge < -0.3 is 15.0 Å². The van der Waals surface area contributed by atoms with Crippen LogP contribution in [0.2, 0.25) is 0 Å². The van der Waals surface area contributed by atoms with Crippen LogP contribution in [0.25, 0.3) is 0 Å². The molecular formula is C16H18BrN5O4S2. The number of halogens is 1. The number of amides is 3. The van der Waals surface area contributed by atoms with E-state index in [1.165, 1.54) is 29.6 Å². The molecule has 12 heteroatoms. The number of carbonyl (C=O) groups is 3. The summed E-state index contributed by atoms with van der Waals surface area (Å²) in [5, 5.41) is 4.94. The van der Waals surface area contributed by atoms with Crippen molar-refractivity contribution in [3.63, 3.8) is 0 Å². The van der Waals surface area contributed by atoms with Gasteiger partial charge in [-0.15, -0.1) is 22.7 Å². The first-order valence-electron chi connectivity index (χ1n) is 8.38. The highest BCUT2D eigenvalue weighted by atomic mass is 79.9. The minimum atomic E-state index is -0.826. The molecule has 3 rings (SSSR count). The lowest BCUT2D eigenvalue weighted by Gasteiger charge is -2.25. The largest absolute Gasteiger partial charge is 0.378 e. The van der Waals surface area contributed by atoms with Crippen LogP contribution in [0.15, 0.2) is 21.3 Å². The highest BCUT2D eigenvalue weighted by Gasteiger charge is 2.20. The summed E-state index contributed by atoms with van der Waals surface area (Å²) in [6.07, 6.45) is 0. The average molecular weight is 488 g/mol. The third kappa shape index (κ3) is 5.28. The van der Waals surface area contributed by atoms with Crippen molar-refractivity contribution in [1.29, 1.82) is 0 Å². The number of nitrogens with one attached hydrogen (secondary N) is 3. The summed E-state index contributed by atoms with van der Waals surface area (Å²) in [6, 6.07) is 2.59. The molecule has 1 atom stereocenters. The first-order valence-corrected chi connectivity index (χ1v) is 10.9. The summed E-state index contributed by atoms with van der Waals surface area (Å²) in [4.78, 5) is 43.2. The van der Waals surface area contributed by atoms with Crippen LogP contribution in [0.5, 0.6) is 0 Å². The van der Waals surface area contributed by atoms with Crippen LogP contribution in [-0.4, -0.2) is 55.1 Å². The van der Waals surface area contributed by atoms with Crippen LogP contribution in [0, 0.1) is 0 Å². The molecule has 2 aromatic rings. The highest BCUT2D eigenvalue weighted by molar-refractivity contribution is 9.11. The number of ether oxygens (including phenoxy) is 1. The number of aromatic nitrogens is 1. The van der Waals surface area contributed by atoms with Gasteiger partial charge in [0.05, 0.1) is 21.9 Å². The molecule has 0 aliphatic carbocycles. The van der Waals surface area contributed by atoms with Gasteiger partial charge in [-0.1, -0.05) is 0 Å². The Kier molecular flexibility index (Phi) is 6.99. The smallest absolute Gasteiger partial charge is 0.289 e. The maximum atomic E-state index is 12.2. The monoisotopic (exact) mass is 487 g/mol. The van der Waals surface area contributed by atoms with Gasteiger partial charge in [0, 0.05) is 18.5 Å². The third-order valence-electron chi connectivity index (χ3n) is 3.84. The number of hydrazine groups is 1. The van der Waals surface area contributed by atoms with Crippen molar-refractivity contribution in [1.82, 2.24) is 21.2 Å². The van der Waals surface area contributed by atoms with E-state index < -0.39 is 17.9 Å². The fourth-order valence-corrected chi connectivity index (χ4v) is 4.48. The SMILES string of the molecule is CC(NC(=O)c1ccc(Br)s1)C(=O)NNC(=O)c1csc(N2CCOCC2)n1. The van der Waals surface area contributed by atoms with Gasteiger partial charge in [-0.2, -0.15) is 0 Å². The summed E-state index contributed by atoms with van der Waals surface area (Å²) in [7, 11) is 0. The Morgan fingerprint density at radius 1 is 1.21 bits per heavy atom. The molecule has 1 aliphatic heterocycles. The number of nitrogens with zero attached hydrogens (tertiary/aromatic N) is 2. The van der Waals surface area contributed by atoms with E-state index in [-0.39, 0.29) is 11.6 Å². The van der Waals surface area contributed by atoms with Gasteiger partial charge >= 0.3 is 0 Å². The Balaban J connectivity index is 1.47. The Morgan fingerprint density at radius 2 is 1.96 bits per heavy atom. The van der Waals surface area contributed by atoms with Gasteiger partial charge in [0.2, 0.25) is 0 Å². The fourth-order valence-electron chi connectivity index (χ4n) is 2.33. The van der Waals surface area contributed by atoms with Crippen LogP contribution in [0.3, 0.4) is 0 Å². The molecule has 3 N–H and O–H groups in total. The predicted octanol–water partition coefficient (Wildman–Crippen LogP) is 1.38. The first-order chi connectivity index (χ1) is 13.4. The topological polar surface area (TPSA) is 113 Å². The molecule has 3 amide bonds. The van der Waals surface area contributed by atoms with Crippen LogP contribution < -0.4 is 21.1 Å². The van der Waals surface area contributed by atoms with E-state index in [1.807, 2.05) is 4.90 Å². The molecule has 0 bridgehead atoms. The Hall–Kier alpha value is -2.02. The van der Waals surface area contributed by atoms with Gasteiger partial charge in [0.25, 0.3) is 17.7 Å². The third-order valence-corrected chi connectivity index (χ3v) is 6.37. The van der Waals surface area contributed by atoms with Crippen molar-refractivity contribution in [2.24, 2.45) is 0 Å². The molecule has 1 saturated heterocycles. The molecule has 0 radical (unpaired) electrons. The van der Waals surface area contributed by atoms with Crippen molar-refractivity contribution in [2.75, 3.05) is 31.2 Å². The Bertz CT molecular complexity index is 865. The van der Waals surface area contributed by atoms with Gasteiger partial charge in [-0.05, 0) is 35.0 Å². The van der Waals surface area contributed by atoms with Crippen molar-refractivity contribution in [2.45, 2.75) is 13.0 Å². The van der Waals surface area contributed by atoms with Crippen LogP contribution in [0.4, 0.5) is 5.13 Å². The number of carbonyl (C=O) groups excluding carboxylic acids is 3. The zero-order chi connectivity index (χ0) is 20.1. The van der Waals surface area contributed by atoms with Gasteiger partial charge in [-0.3, -0.25) is 25.2 Å². The molecule has 0 aromatic carbocycles. The molecule has 0 spiro atoms. The minimum absolute atomic E-state index is 0.215. The van der Waals surface area contributed by atoms with Crippen molar-refractivity contribution in [3.8, 4) is 0 Å². The molecule has 1 aliphatic rings. The maximum Gasteiger partial charge on any atom is 0.289 e. The molecular weight excluding hydrogens is 470 g/mol. The van der Waals surface area contributed by atoms with Crippen LogP contribution in [0.1, 0.15) is 27.1 Å². The minimum Gasteiger partial charge on any atom is -0.378 e. The Morgan fingerprint density at radius 3 is 2.64 bits per heavy atom.